The molecule has 2 fully saturated rings. The lowest BCUT2D eigenvalue weighted by Gasteiger charge is -2.32. The van der Waals surface area contributed by atoms with Crippen molar-refractivity contribution in [3.8, 4) is 0 Å². The van der Waals surface area contributed by atoms with Gasteiger partial charge >= 0.3 is 0 Å². The lowest BCUT2D eigenvalue weighted by Crippen LogP contribution is -2.30. The third-order valence-electron chi connectivity index (χ3n) is 3.08. The quantitative estimate of drug-likeness (QED) is 0.558. The molecule has 0 spiro atoms. The number of hydrogen-bond acceptors (Lipinski definition) is 1. The Bertz CT molecular complexity index is 109. The zero-order valence-electron chi connectivity index (χ0n) is 6.06. The summed E-state index contributed by atoms with van der Waals surface area (Å²) in [4.78, 5) is 0. The summed E-state index contributed by atoms with van der Waals surface area (Å²) in [5.74, 6) is 2.13. The Morgan fingerprint density at radius 2 is 2.33 bits per heavy atom. The summed E-state index contributed by atoms with van der Waals surface area (Å²) < 4.78 is 0. The van der Waals surface area contributed by atoms with E-state index in [2.05, 4.69) is 12.2 Å². The van der Waals surface area contributed by atoms with Crippen LogP contribution in [0.15, 0.2) is 0 Å². The molecule has 3 atom stereocenters. The first-order chi connectivity index (χ1) is 4.42. The summed E-state index contributed by atoms with van der Waals surface area (Å²) in [6.07, 6.45) is 4.32. The van der Waals surface area contributed by atoms with Gasteiger partial charge in [-0.2, -0.15) is 0 Å². The second-order valence-electron chi connectivity index (χ2n) is 3.42. The molecule has 1 N–H and O–H groups in total. The predicted octanol–water partition coefficient (Wildman–Crippen LogP) is 1.39. The van der Waals surface area contributed by atoms with Gasteiger partial charge in [-0.05, 0) is 37.6 Å². The van der Waals surface area contributed by atoms with E-state index >= 15 is 0 Å². The molecule has 52 valence electrons. The van der Waals surface area contributed by atoms with Crippen LogP contribution in [-0.2, 0) is 0 Å². The van der Waals surface area contributed by atoms with Gasteiger partial charge < -0.3 is 5.32 Å². The monoisotopic (exact) mass is 125 g/mol. The van der Waals surface area contributed by atoms with Crippen LogP contribution >= 0.6 is 0 Å². The normalized spacial score (nSPS) is 48.3. The van der Waals surface area contributed by atoms with E-state index in [4.69, 9.17) is 0 Å². The maximum absolute atomic E-state index is 3.57. The van der Waals surface area contributed by atoms with E-state index in [-0.39, 0.29) is 0 Å². The van der Waals surface area contributed by atoms with Crippen LogP contribution in [-0.4, -0.2) is 12.6 Å². The molecule has 3 unspecified atom stereocenters. The second-order valence-corrected chi connectivity index (χ2v) is 3.42. The van der Waals surface area contributed by atoms with Gasteiger partial charge in [0.1, 0.15) is 0 Å². The third-order valence-corrected chi connectivity index (χ3v) is 3.08. The Morgan fingerprint density at radius 3 is 2.67 bits per heavy atom. The highest BCUT2D eigenvalue weighted by Gasteiger charge is 2.40. The Labute approximate surface area is 56.8 Å². The minimum absolute atomic E-state index is 0.878. The van der Waals surface area contributed by atoms with Gasteiger partial charge in [0.25, 0.3) is 0 Å². The molecule has 1 nitrogen and oxygen atoms in total. The highest BCUT2D eigenvalue weighted by atomic mass is 15.0. The molecule has 0 aromatic rings. The Morgan fingerprint density at radius 1 is 1.44 bits per heavy atom. The van der Waals surface area contributed by atoms with Crippen LogP contribution in [0.25, 0.3) is 0 Å². The fourth-order valence-electron chi connectivity index (χ4n) is 2.28. The van der Waals surface area contributed by atoms with Crippen LogP contribution < -0.4 is 5.32 Å². The van der Waals surface area contributed by atoms with Crippen molar-refractivity contribution in [2.45, 2.75) is 32.2 Å². The standard InChI is InChI=1S/C8H15N/c1-2-8-7-4-3-6(7)5-9-8/h6-9H,2-5H2,1H3. The highest BCUT2D eigenvalue weighted by molar-refractivity contribution is 4.95. The minimum Gasteiger partial charge on any atom is -0.313 e. The average Bonchev–Trinajstić information content (AvgIpc) is 2.07. The van der Waals surface area contributed by atoms with E-state index in [0.717, 1.165) is 17.9 Å². The summed E-state index contributed by atoms with van der Waals surface area (Å²) in [6.45, 7) is 3.60. The molecule has 1 saturated carbocycles. The number of nitrogens with one attached hydrogen (secondary N) is 1. The summed E-state index contributed by atoms with van der Waals surface area (Å²) in [7, 11) is 0. The molecule has 1 heterocycles. The number of rotatable bonds is 1. The molecule has 0 aromatic carbocycles. The number of fused-ring (bicyclic) bond motifs is 1. The van der Waals surface area contributed by atoms with Crippen molar-refractivity contribution in [2.24, 2.45) is 11.8 Å². The van der Waals surface area contributed by atoms with Gasteiger partial charge in [0.15, 0.2) is 0 Å². The molecule has 2 rings (SSSR count). The van der Waals surface area contributed by atoms with Gasteiger partial charge in [0.05, 0.1) is 0 Å². The van der Waals surface area contributed by atoms with Crippen molar-refractivity contribution in [2.75, 3.05) is 6.54 Å². The molecular weight excluding hydrogens is 110 g/mol. The van der Waals surface area contributed by atoms with Crippen LogP contribution in [0.4, 0.5) is 0 Å². The zero-order chi connectivity index (χ0) is 6.27. The van der Waals surface area contributed by atoms with Crippen LogP contribution in [0.1, 0.15) is 26.2 Å². The lowest BCUT2D eigenvalue weighted by molar-refractivity contribution is 0.206. The summed E-state index contributed by atoms with van der Waals surface area (Å²) >= 11 is 0. The van der Waals surface area contributed by atoms with E-state index in [1.54, 1.807) is 0 Å². The van der Waals surface area contributed by atoms with E-state index in [1.807, 2.05) is 0 Å². The smallest absolute Gasteiger partial charge is 0.00959 e. The first-order valence-corrected chi connectivity index (χ1v) is 4.15. The molecule has 1 heteroatoms. The summed E-state index contributed by atoms with van der Waals surface area (Å²) in [6, 6.07) is 0.878. The first-order valence-electron chi connectivity index (χ1n) is 4.15. The van der Waals surface area contributed by atoms with E-state index in [0.29, 0.717) is 0 Å². The van der Waals surface area contributed by atoms with Crippen LogP contribution in [0.3, 0.4) is 0 Å². The van der Waals surface area contributed by atoms with Crippen molar-refractivity contribution in [3.63, 3.8) is 0 Å². The van der Waals surface area contributed by atoms with Crippen molar-refractivity contribution in [1.82, 2.24) is 5.32 Å². The molecule has 1 aliphatic carbocycles. The van der Waals surface area contributed by atoms with Crippen LogP contribution in [0.2, 0.25) is 0 Å². The Balaban J connectivity index is 1.97. The van der Waals surface area contributed by atoms with Crippen molar-refractivity contribution >= 4 is 0 Å². The second kappa shape index (κ2) is 1.98. The Kier molecular flexibility index (Phi) is 1.26. The largest absolute Gasteiger partial charge is 0.313 e. The van der Waals surface area contributed by atoms with Crippen molar-refractivity contribution in [1.29, 1.82) is 0 Å². The predicted molar refractivity (Wildman–Crippen MR) is 38.3 cm³/mol. The minimum atomic E-state index is 0.878. The van der Waals surface area contributed by atoms with Crippen molar-refractivity contribution < 1.29 is 0 Å². The molecule has 1 aliphatic heterocycles. The Hall–Kier alpha value is -0.0400. The number of hydrogen-bond donors (Lipinski definition) is 1. The van der Waals surface area contributed by atoms with Gasteiger partial charge in [0, 0.05) is 6.04 Å². The van der Waals surface area contributed by atoms with Gasteiger partial charge in [-0.15, -0.1) is 0 Å². The fourth-order valence-corrected chi connectivity index (χ4v) is 2.28. The third kappa shape index (κ3) is 0.710. The molecule has 9 heavy (non-hydrogen) atoms. The molecule has 0 aromatic heterocycles. The molecule has 0 amide bonds. The summed E-state index contributed by atoms with van der Waals surface area (Å²) in [5, 5.41) is 3.57. The fraction of sp³-hybridized carbons (Fsp3) is 1.00. The lowest BCUT2D eigenvalue weighted by atomic mass is 9.72. The molecule has 1 saturated heterocycles. The molecule has 2 aliphatic rings. The van der Waals surface area contributed by atoms with Gasteiger partial charge in [-0.25, -0.2) is 0 Å². The average molecular weight is 125 g/mol. The van der Waals surface area contributed by atoms with Gasteiger partial charge in [0.2, 0.25) is 0 Å². The van der Waals surface area contributed by atoms with E-state index < -0.39 is 0 Å². The van der Waals surface area contributed by atoms with E-state index in [9.17, 15) is 0 Å². The molecule has 0 radical (unpaired) electrons. The van der Waals surface area contributed by atoms with Gasteiger partial charge in [-0.1, -0.05) is 6.92 Å². The highest BCUT2D eigenvalue weighted by Crippen LogP contribution is 2.41. The summed E-state index contributed by atoms with van der Waals surface area (Å²) in [5.41, 5.74) is 0. The van der Waals surface area contributed by atoms with Crippen LogP contribution in [0.5, 0.6) is 0 Å². The zero-order valence-corrected chi connectivity index (χ0v) is 6.06. The van der Waals surface area contributed by atoms with E-state index in [1.165, 1.54) is 25.8 Å². The molecule has 0 bridgehead atoms. The molecular formula is C8H15N. The SMILES string of the molecule is CCC1NCC2CCC21. The van der Waals surface area contributed by atoms with Gasteiger partial charge in [-0.3, -0.25) is 0 Å². The van der Waals surface area contributed by atoms with Crippen molar-refractivity contribution in [3.05, 3.63) is 0 Å². The maximum atomic E-state index is 3.57. The first kappa shape index (κ1) is 5.72. The maximum Gasteiger partial charge on any atom is 0.00959 e. The van der Waals surface area contributed by atoms with Crippen LogP contribution in [0, 0.1) is 11.8 Å². The topological polar surface area (TPSA) is 12.0 Å².